The van der Waals surface area contributed by atoms with Crippen LogP contribution in [0.3, 0.4) is 0 Å². The molecule has 0 aliphatic carbocycles. The third-order valence-electron chi connectivity index (χ3n) is 3.65. The zero-order valence-corrected chi connectivity index (χ0v) is 12.5. The predicted molar refractivity (Wildman–Crippen MR) is 90.9 cm³/mol. The van der Waals surface area contributed by atoms with E-state index < -0.39 is 0 Å². The lowest BCUT2D eigenvalue weighted by Crippen LogP contribution is -1.94. The summed E-state index contributed by atoms with van der Waals surface area (Å²) in [4.78, 5) is 4.75. The maximum Gasteiger partial charge on any atom is 0.0709 e. The van der Waals surface area contributed by atoms with Gasteiger partial charge < -0.3 is 0 Å². The van der Waals surface area contributed by atoms with Crippen LogP contribution < -0.4 is 0 Å². The Morgan fingerprint density at radius 3 is 2.33 bits per heavy atom. The summed E-state index contributed by atoms with van der Waals surface area (Å²) in [5.74, 6) is 0.459. The summed E-state index contributed by atoms with van der Waals surface area (Å²) in [7, 11) is 0. The summed E-state index contributed by atoms with van der Waals surface area (Å²) in [6, 6.07) is 23.0. The number of hydrogen-bond donors (Lipinski definition) is 0. The highest BCUT2D eigenvalue weighted by Crippen LogP contribution is 2.25. The van der Waals surface area contributed by atoms with Crippen molar-refractivity contribution in [2.45, 2.75) is 13.8 Å². The van der Waals surface area contributed by atoms with Gasteiger partial charge in [-0.15, -0.1) is 0 Å². The number of benzene rings is 2. The van der Waals surface area contributed by atoms with Gasteiger partial charge in [0.15, 0.2) is 0 Å². The minimum atomic E-state index is 0.459. The molecule has 0 unspecified atom stereocenters. The molecule has 0 amide bonds. The largest absolute Gasteiger partial charge is 0.248 e. The molecule has 0 N–H and O–H groups in total. The van der Waals surface area contributed by atoms with Crippen molar-refractivity contribution in [3.63, 3.8) is 0 Å². The third kappa shape index (κ3) is 3.03. The van der Waals surface area contributed by atoms with E-state index in [4.69, 9.17) is 4.98 Å². The highest BCUT2D eigenvalue weighted by molar-refractivity contribution is 5.85. The van der Waals surface area contributed by atoms with Crippen LogP contribution in [0, 0.1) is 5.92 Å². The third-order valence-corrected chi connectivity index (χ3v) is 3.65. The fourth-order valence-corrected chi connectivity index (χ4v) is 2.54. The normalized spacial score (nSPS) is 12.0. The maximum atomic E-state index is 4.75. The topological polar surface area (TPSA) is 12.9 Å². The molecule has 0 aliphatic heterocycles. The number of aromatic nitrogens is 1. The van der Waals surface area contributed by atoms with Crippen LogP contribution in [0.2, 0.25) is 0 Å². The lowest BCUT2D eigenvalue weighted by atomic mass is 9.94. The number of hydrogen-bond acceptors (Lipinski definition) is 1. The molecular formula is C20H19N. The molecule has 0 bridgehead atoms. The van der Waals surface area contributed by atoms with Gasteiger partial charge in [0.1, 0.15) is 0 Å². The van der Waals surface area contributed by atoms with E-state index in [1.54, 1.807) is 0 Å². The molecule has 0 fully saturated rings. The summed E-state index contributed by atoms with van der Waals surface area (Å²) in [5, 5.41) is 1.18. The number of pyridine rings is 1. The van der Waals surface area contributed by atoms with Gasteiger partial charge in [0.2, 0.25) is 0 Å². The van der Waals surface area contributed by atoms with Crippen molar-refractivity contribution in [2.24, 2.45) is 5.92 Å². The van der Waals surface area contributed by atoms with Gasteiger partial charge >= 0.3 is 0 Å². The first-order valence-corrected chi connectivity index (χ1v) is 7.37. The fourth-order valence-electron chi connectivity index (χ4n) is 2.54. The molecule has 3 rings (SSSR count). The van der Waals surface area contributed by atoms with Gasteiger partial charge in [0.05, 0.1) is 11.2 Å². The first-order chi connectivity index (χ1) is 10.2. The minimum absolute atomic E-state index is 0.459. The van der Waals surface area contributed by atoms with Crippen molar-refractivity contribution >= 4 is 22.6 Å². The van der Waals surface area contributed by atoms with E-state index in [2.05, 4.69) is 74.5 Å². The lowest BCUT2D eigenvalue weighted by Gasteiger charge is -2.12. The standard InChI is InChI=1S/C20H19N/c1-15(2)19(16-8-4-3-5-9-16)14-18-13-12-17-10-6-7-11-20(17)21-18/h3-15H,1-2H3/b19-14+. The molecule has 0 radical (unpaired) electrons. The molecule has 1 heteroatoms. The number of para-hydroxylation sites is 1. The summed E-state index contributed by atoms with van der Waals surface area (Å²) >= 11 is 0. The molecule has 0 spiro atoms. The quantitative estimate of drug-likeness (QED) is 0.620. The zero-order valence-electron chi connectivity index (χ0n) is 12.5. The Labute approximate surface area is 126 Å². The SMILES string of the molecule is CC(C)/C(=C\c1ccc2ccccc2n1)c1ccccc1. The van der Waals surface area contributed by atoms with Crippen molar-refractivity contribution in [3.8, 4) is 0 Å². The van der Waals surface area contributed by atoms with Crippen molar-refractivity contribution in [1.82, 2.24) is 4.98 Å². The zero-order chi connectivity index (χ0) is 14.7. The molecule has 0 aliphatic rings. The number of fused-ring (bicyclic) bond motifs is 1. The average Bonchev–Trinajstić information content (AvgIpc) is 2.53. The number of rotatable bonds is 3. The Morgan fingerprint density at radius 2 is 1.57 bits per heavy atom. The summed E-state index contributed by atoms with van der Waals surface area (Å²) < 4.78 is 0. The van der Waals surface area contributed by atoms with Crippen molar-refractivity contribution in [2.75, 3.05) is 0 Å². The van der Waals surface area contributed by atoms with Crippen LogP contribution in [0.5, 0.6) is 0 Å². The van der Waals surface area contributed by atoms with E-state index >= 15 is 0 Å². The van der Waals surface area contributed by atoms with Crippen LogP contribution in [0.4, 0.5) is 0 Å². The first kappa shape index (κ1) is 13.6. The van der Waals surface area contributed by atoms with Crippen molar-refractivity contribution in [1.29, 1.82) is 0 Å². The van der Waals surface area contributed by atoms with E-state index in [9.17, 15) is 0 Å². The predicted octanol–water partition coefficient (Wildman–Crippen LogP) is 5.43. The molecule has 3 aromatic rings. The van der Waals surface area contributed by atoms with Gasteiger partial charge in [-0.25, -0.2) is 4.98 Å². The molecule has 104 valence electrons. The molecule has 1 nitrogen and oxygen atoms in total. The Hall–Kier alpha value is -2.41. The molecule has 0 saturated heterocycles. The summed E-state index contributed by atoms with van der Waals surface area (Å²) in [6.45, 7) is 4.44. The van der Waals surface area contributed by atoms with Crippen LogP contribution in [-0.2, 0) is 0 Å². The molecule has 2 aromatic carbocycles. The van der Waals surface area contributed by atoms with E-state index in [-0.39, 0.29) is 0 Å². The van der Waals surface area contributed by atoms with Crippen LogP contribution in [-0.4, -0.2) is 4.98 Å². The van der Waals surface area contributed by atoms with Crippen molar-refractivity contribution < 1.29 is 0 Å². The lowest BCUT2D eigenvalue weighted by molar-refractivity contribution is 0.859. The monoisotopic (exact) mass is 273 g/mol. The molecule has 1 heterocycles. The van der Waals surface area contributed by atoms with Crippen molar-refractivity contribution in [3.05, 3.63) is 78.0 Å². The van der Waals surface area contributed by atoms with E-state index in [0.717, 1.165) is 11.2 Å². The summed E-state index contributed by atoms with van der Waals surface area (Å²) in [6.07, 6.45) is 2.20. The van der Waals surface area contributed by atoms with Gasteiger partial charge in [0.25, 0.3) is 0 Å². The summed E-state index contributed by atoms with van der Waals surface area (Å²) in [5.41, 5.74) is 4.64. The second-order valence-electron chi connectivity index (χ2n) is 5.55. The Kier molecular flexibility index (Phi) is 3.83. The van der Waals surface area contributed by atoms with Gasteiger partial charge in [-0.3, -0.25) is 0 Å². The smallest absolute Gasteiger partial charge is 0.0709 e. The van der Waals surface area contributed by atoms with Crippen LogP contribution in [0.25, 0.3) is 22.6 Å². The molecule has 0 saturated carbocycles. The minimum Gasteiger partial charge on any atom is -0.248 e. The fraction of sp³-hybridized carbons (Fsp3) is 0.150. The average molecular weight is 273 g/mol. The highest BCUT2D eigenvalue weighted by Gasteiger charge is 2.07. The van der Waals surface area contributed by atoms with E-state index in [1.165, 1.54) is 16.5 Å². The molecule has 0 atom stereocenters. The van der Waals surface area contributed by atoms with Crippen LogP contribution in [0.15, 0.2) is 66.7 Å². The second-order valence-corrected chi connectivity index (χ2v) is 5.55. The second kappa shape index (κ2) is 5.92. The van der Waals surface area contributed by atoms with Gasteiger partial charge in [0, 0.05) is 5.39 Å². The first-order valence-electron chi connectivity index (χ1n) is 7.37. The highest BCUT2D eigenvalue weighted by atomic mass is 14.7. The van der Waals surface area contributed by atoms with Crippen LogP contribution >= 0.6 is 0 Å². The van der Waals surface area contributed by atoms with E-state index in [0.29, 0.717) is 5.92 Å². The Morgan fingerprint density at radius 1 is 0.857 bits per heavy atom. The van der Waals surface area contributed by atoms with Gasteiger partial charge in [-0.2, -0.15) is 0 Å². The van der Waals surface area contributed by atoms with Gasteiger partial charge in [-0.1, -0.05) is 68.4 Å². The van der Waals surface area contributed by atoms with Crippen LogP contribution in [0.1, 0.15) is 25.1 Å². The number of nitrogens with zero attached hydrogens (tertiary/aromatic N) is 1. The maximum absolute atomic E-state index is 4.75. The Bertz CT molecular complexity index is 770. The molecular weight excluding hydrogens is 254 g/mol. The Balaban J connectivity index is 2.07. The van der Waals surface area contributed by atoms with Gasteiger partial charge in [-0.05, 0) is 35.3 Å². The molecule has 21 heavy (non-hydrogen) atoms. The number of allylic oxidation sites excluding steroid dienone is 1. The molecule has 1 aromatic heterocycles. The van der Waals surface area contributed by atoms with E-state index in [1.807, 2.05) is 12.1 Å².